The molecular formula is C14H19N3O3. The Morgan fingerprint density at radius 1 is 1.30 bits per heavy atom. The highest BCUT2D eigenvalue weighted by Crippen LogP contribution is 2.27. The highest BCUT2D eigenvalue weighted by Gasteiger charge is 2.29. The number of benzene rings is 1. The van der Waals surface area contributed by atoms with E-state index in [-0.39, 0.29) is 35.5 Å². The molecule has 1 aliphatic rings. The summed E-state index contributed by atoms with van der Waals surface area (Å²) in [6, 6.07) is 4.22. The molecule has 1 aromatic carbocycles. The van der Waals surface area contributed by atoms with Crippen LogP contribution in [0.25, 0.3) is 0 Å². The van der Waals surface area contributed by atoms with Crippen LogP contribution in [0.4, 0.5) is 5.69 Å². The first kappa shape index (κ1) is 14.2. The molecule has 0 aromatic heterocycles. The topological polar surface area (TPSA) is 110 Å². The highest BCUT2D eigenvalue weighted by molar-refractivity contribution is 6.01. The Kier molecular flexibility index (Phi) is 4.12. The van der Waals surface area contributed by atoms with Gasteiger partial charge in [-0.05, 0) is 31.0 Å². The Morgan fingerprint density at radius 2 is 1.95 bits per heavy atom. The largest absolute Gasteiger partial charge is 0.508 e. The SMILES string of the molecule is NC(=O)CN(C(=O)c1cc(O)ccc1N)C1CCCC1. The third kappa shape index (κ3) is 3.01. The lowest BCUT2D eigenvalue weighted by Gasteiger charge is -2.28. The van der Waals surface area contributed by atoms with Gasteiger partial charge < -0.3 is 21.5 Å². The number of phenolic OH excluding ortho intramolecular Hbond substituents is 1. The molecule has 1 aromatic rings. The first-order chi connectivity index (χ1) is 9.49. The summed E-state index contributed by atoms with van der Waals surface area (Å²) in [6.45, 7) is -0.126. The number of nitrogens with zero attached hydrogens (tertiary/aromatic N) is 1. The number of hydrogen-bond donors (Lipinski definition) is 3. The van der Waals surface area contributed by atoms with Crippen molar-refractivity contribution in [3.8, 4) is 5.75 Å². The zero-order chi connectivity index (χ0) is 14.7. The minimum Gasteiger partial charge on any atom is -0.508 e. The summed E-state index contributed by atoms with van der Waals surface area (Å²) in [4.78, 5) is 25.2. The molecule has 0 heterocycles. The number of carbonyl (C=O) groups is 2. The van der Waals surface area contributed by atoms with Gasteiger partial charge in [-0.25, -0.2) is 0 Å². The van der Waals surface area contributed by atoms with E-state index in [1.807, 2.05) is 0 Å². The van der Waals surface area contributed by atoms with Crippen molar-refractivity contribution in [3.63, 3.8) is 0 Å². The van der Waals surface area contributed by atoms with Gasteiger partial charge in [-0.1, -0.05) is 12.8 Å². The minimum absolute atomic E-state index is 0.0109. The number of nitrogen functional groups attached to an aromatic ring is 1. The molecule has 0 aliphatic heterocycles. The fourth-order valence-electron chi connectivity index (χ4n) is 2.63. The van der Waals surface area contributed by atoms with Crippen molar-refractivity contribution in [1.82, 2.24) is 4.90 Å². The van der Waals surface area contributed by atoms with E-state index in [0.29, 0.717) is 0 Å². The zero-order valence-corrected chi connectivity index (χ0v) is 11.2. The molecule has 0 saturated heterocycles. The number of carbonyl (C=O) groups excluding carboxylic acids is 2. The summed E-state index contributed by atoms with van der Waals surface area (Å²) < 4.78 is 0. The second kappa shape index (κ2) is 5.81. The monoisotopic (exact) mass is 277 g/mol. The lowest BCUT2D eigenvalue weighted by atomic mass is 10.1. The predicted molar refractivity (Wildman–Crippen MR) is 75.0 cm³/mol. The van der Waals surface area contributed by atoms with Crippen LogP contribution in [0.15, 0.2) is 18.2 Å². The molecule has 0 atom stereocenters. The van der Waals surface area contributed by atoms with Crippen molar-refractivity contribution in [1.29, 1.82) is 0 Å². The molecule has 0 bridgehead atoms. The third-order valence-electron chi connectivity index (χ3n) is 3.62. The first-order valence-corrected chi connectivity index (χ1v) is 6.67. The zero-order valence-electron chi connectivity index (χ0n) is 11.2. The molecule has 2 rings (SSSR count). The number of rotatable bonds is 4. The van der Waals surface area contributed by atoms with Crippen LogP contribution >= 0.6 is 0 Å². The van der Waals surface area contributed by atoms with Gasteiger partial charge >= 0.3 is 0 Å². The fraction of sp³-hybridized carbons (Fsp3) is 0.429. The fourth-order valence-corrected chi connectivity index (χ4v) is 2.63. The Balaban J connectivity index is 2.29. The summed E-state index contributed by atoms with van der Waals surface area (Å²) >= 11 is 0. The Bertz CT molecular complexity index is 524. The predicted octanol–water partition coefficient (Wildman–Crippen LogP) is 0.844. The number of anilines is 1. The molecule has 108 valence electrons. The number of primary amides is 1. The van der Waals surface area contributed by atoms with Crippen molar-refractivity contribution in [3.05, 3.63) is 23.8 Å². The van der Waals surface area contributed by atoms with Gasteiger partial charge in [0.25, 0.3) is 5.91 Å². The van der Waals surface area contributed by atoms with E-state index in [1.165, 1.54) is 23.1 Å². The molecule has 6 nitrogen and oxygen atoms in total. The van der Waals surface area contributed by atoms with Gasteiger partial charge in [0.1, 0.15) is 5.75 Å². The normalized spacial score (nSPS) is 15.2. The van der Waals surface area contributed by atoms with Crippen molar-refractivity contribution in [2.45, 2.75) is 31.7 Å². The second-order valence-electron chi connectivity index (χ2n) is 5.11. The van der Waals surface area contributed by atoms with Crippen LogP contribution in [0.3, 0.4) is 0 Å². The molecule has 0 spiro atoms. The van der Waals surface area contributed by atoms with Crippen molar-refractivity contribution < 1.29 is 14.7 Å². The van der Waals surface area contributed by atoms with Crippen LogP contribution in [0.5, 0.6) is 5.75 Å². The third-order valence-corrected chi connectivity index (χ3v) is 3.62. The van der Waals surface area contributed by atoms with Gasteiger partial charge in [0.05, 0.1) is 12.1 Å². The molecule has 6 heteroatoms. The second-order valence-corrected chi connectivity index (χ2v) is 5.11. The van der Waals surface area contributed by atoms with E-state index in [1.54, 1.807) is 0 Å². The summed E-state index contributed by atoms with van der Waals surface area (Å²) in [5, 5.41) is 9.50. The maximum absolute atomic E-state index is 12.6. The Hall–Kier alpha value is -2.24. The van der Waals surface area contributed by atoms with Crippen LogP contribution in [0, 0.1) is 0 Å². The molecule has 0 radical (unpaired) electrons. The summed E-state index contributed by atoms with van der Waals surface area (Å²) in [7, 11) is 0. The standard InChI is InChI=1S/C14H19N3O3/c15-12-6-5-10(18)7-11(12)14(20)17(8-13(16)19)9-3-1-2-4-9/h5-7,9,18H,1-4,8,15H2,(H2,16,19). The van der Waals surface area contributed by atoms with Crippen LogP contribution in [-0.2, 0) is 4.79 Å². The van der Waals surface area contributed by atoms with Crippen LogP contribution in [-0.4, -0.2) is 34.4 Å². The summed E-state index contributed by atoms with van der Waals surface area (Å²) in [6.07, 6.45) is 3.78. The number of aromatic hydroxyl groups is 1. The summed E-state index contributed by atoms with van der Waals surface area (Å²) in [5.41, 5.74) is 11.5. The average Bonchev–Trinajstić information content (AvgIpc) is 2.91. The van der Waals surface area contributed by atoms with Gasteiger partial charge in [0.2, 0.25) is 5.91 Å². The van der Waals surface area contributed by atoms with E-state index >= 15 is 0 Å². The van der Waals surface area contributed by atoms with Crippen molar-refractivity contribution in [2.75, 3.05) is 12.3 Å². The maximum atomic E-state index is 12.6. The van der Waals surface area contributed by atoms with E-state index < -0.39 is 5.91 Å². The molecule has 1 aliphatic carbocycles. The minimum atomic E-state index is -0.552. The van der Waals surface area contributed by atoms with Gasteiger partial charge in [0.15, 0.2) is 0 Å². The van der Waals surface area contributed by atoms with E-state index in [9.17, 15) is 14.7 Å². The van der Waals surface area contributed by atoms with Gasteiger partial charge in [-0.15, -0.1) is 0 Å². The van der Waals surface area contributed by atoms with Crippen molar-refractivity contribution in [2.24, 2.45) is 5.73 Å². The number of amides is 2. The van der Waals surface area contributed by atoms with Crippen LogP contribution in [0.2, 0.25) is 0 Å². The molecule has 1 saturated carbocycles. The highest BCUT2D eigenvalue weighted by atomic mass is 16.3. The van der Waals surface area contributed by atoms with E-state index in [0.717, 1.165) is 25.7 Å². The molecule has 0 unspecified atom stereocenters. The van der Waals surface area contributed by atoms with Gasteiger partial charge in [0, 0.05) is 11.7 Å². The molecule has 1 fully saturated rings. The average molecular weight is 277 g/mol. The number of nitrogens with two attached hydrogens (primary N) is 2. The lowest BCUT2D eigenvalue weighted by molar-refractivity contribution is -0.119. The number of phenols is 1. The van der Waals surface area contributed by atoms with Crippen LogP contribution < -0.4 is 11.5 Å². The van der Waals surface area contributed by atoms with Crippen LogP contribution in [0.1, 0.15) is 36.0 Å². The van der Waals surface area contributed by atoms with E-state index in [2.05, 4.69) is 0 Å². The quantitative estimate of drug-likeness (QED) is 0.559. The first-order valence-electron chi connectivity index (χ1n) is 6.67. The van der Waals surface area contributed by atoms with Crippen molar-refractivity contribution >= 4 is 17.5 Å². The summed E-state index contributed by atoms with van der Waals surface area (Å²) in [5.74, 6) is -0.943. The Morgan fingerprint density at radius 3 is 2.55 bits per heavy atom. The van der Waals surface area contributed by atoms with E-state index in [4.69, 9.17) is 11.5 Å². The molecule has 20 heavy (non-hydrogen) atoms. The molecular weight excluding hydrogens is 258 g/mol. The Labute approximate surface area is 117 Å². The molecule has 5 N–H and O–H groups in total. The molecule has 2 amide bonds. The number of hydrogen-bond acceptors (Lipinski definition) is 4. The lowest BCUT2D eigenvalue weighted by Crippen LogP contribution is -2.44. The maximum Gasteiger partial charge on any atom is 0.256 e. The van der Waals surface area contributed by atoms with Gasteiger partial charge in [-0.3, -0.25) is 9.59 Å². The van der Waals surface area contributed by atoms with Gasteiger partial charge in [-0.2, -0.15) is 0 Å². The smallest absolute Gasteiger partial charge is 0.256 e.